The van der Waals surface area contributed by atoms with Crippen LogP contribution in [-0.4, -0.2) is 17.9 Å². The third kappa shape index (κ3) is 3.24. The van der Waals surface area contributed by atoms with Crippen LogP contribution in [0.5, 0.6) is 0 Å². The molecule has 1 amide bonds. The Morgan fingerprint density at radius 1 is 0.950 bits per heavy atom. The van der Waals surface area contributed by atoms with Gasteiger partial charge in [0.05, 0.1) is 9.75 Å². The molecule has 20 heavy (non-hydrogen) atoms. The quantitative estimate of drug-likeness (QED) is 0.877. The number of carbonyl (C=O) groups is 2. The molecule has 7 heteroatoms. The highest BCUT2D eigenvalue weighted by atomic mass is 32.1. The molecule has 0 bridgehead atoms. The van der Waals surface area contributed by atoms with E-state index in [4.69, 9.17) is 0 Å². The van der Waals surface area contributed by atoms with Gasteiger partial charge in [0.25, 0.3) is 11.7 Å². The lowest BCUT2D eigenvalue weighted by Crippen LogP contribution is -2.21. The summed E-state index contributed by atoms with van der Waals surface area (Å²) in [6.07, 6.45) is -4.93. The second-order valence-corrected chi connectivity index (χ2v) is 4.89. The van der Waals surface area contributed by atoms with E-state index in [9.17, 15) is 22.8 Å². The molecule has 0 aliphatic rings. The number of nitrogens with one attached hydrogen (secondary N) is 1. The van der Waals surface area contributed by atoms with E-state index in [1.54, 1.807) is 30.3 Å². The molecular formula is C13H8F3NO2S. The van der Waals surface area contributed by atoms with E-state index in [0.29, 0.717) is 17.0 Å². The van der Waals surface area contributed by atoms with Crippen molar-refractivity contribution in [3.63, 3.8) is 0 Å². The summed E-state index contributed by atoms with van der Waals surface area (Å²) in [5.41, 5.74) is 0.523. The fourth-order valence-corrected chi connectivity index (χ4v) is 2.30. The van der Waals surface area contributed by atoms with E-state index >= 15 is 0 Å². The highest BCUT2D eigenvalue weighted by Crippen LogP contribution is 2.26. The first-order valence-corrected chi connectivity index (χ1v) is 6.27. The van der Waals surface area contributed by atoms with E-state index < -0.39 is 22.7 Å². The summed E-state index contributed by atoms with van der Waals surface area (Å²) in [5, 5.41) is 2.53. The molecular weight excluding hydrogens is 291 g/mol. The Morgan fingerprint density at radius 2 is 1.55 bits per heavy atom. The minimum Gasteiger partial charge on any atom is -0.321 e. The Bertz CT molecular complexity index is 635. The third-order valence-corrected chi connectivity index (χ3v) is 3.43. The van der Waals surface area contributed by atoms with Crippen LogP contribution in [0.25, 0.3) is 0 Å². The van der Waals surface area contributed by atoms with Gasteiger partial charge >= 0.3 is 6.18 Å². The summed E-state index contributed by atoms with van der Waals surface area (Å²) in [4.78, 5) is 22.4. The molecule has 0 aliphatic carbocycles. The predicted octanol–water partition coefficient (Wildman–Crippen LogP) is 3.75. The van der Waals surface area contributed by atoms with Gasteiger partial charge in [0.1, 0.15) is 0 Å². The van der Waals surface area contributed by atoms with E-state index in [1.165, 1.54) is 6.07 Å². The minimum absolute atomic E-state index is 0.0430. The zero-order valence-electron chi connectivity index (χ0n) is 9.90. The lowest BCUT2D eigenvalue weighted by atomic mass is 10.3. The second-order valence-electron chi connectivity index (χ2n) is 3.81. The van der Waals surface area contributed by atoms with Crippen molar-refractivity contribution < 1.29 is 22.8 Å². The van der Waals surface area contributed by atoms with Gasteiger partial charge in [-0.3, -0.25) is 9.59 Å². The van der Waals surface area contributed by atoms with Crippen LogP contribution in [0.15, 0.2) is 42.5 Å². The highest BCUT2D eigenvalue weighted by molar-refractivity contribution is 7.16. The van der Waals surface area contributed by atoms with Crippen molar-refractivity contribution in [3.05, 3.63) is 52.2 Å². The Morgan fingerprint density at radius 3 is 2.15 bits per heavy atom. The summed E-state index contributed by atoms with van der Waals surface area (Å²) in [6, 6.07) is 10.7. The van der Waals surface area contributed by atoms with Crippen molar-refractivity contribution in [1.29, 1.82) is 0 Å². The van der Waals surface area contributed by atoms with Crippen LogP contribution >= 0.6 is 11.3 Å². The number of para-hydroxylation sites is 1. The Labute approximate surface area is 116 Å². The van der Waals surface area contributed by atoms with Crippen molar-refractivity contribution in [3.8, 4) is 0 Å². The van der Waals surface area contributed by atoms with Gasteiger partial charge in [-0.1, -0.05) is 18.2 Å². The molecule has 0 aliphatic heterocycles. The molecule has 0 saturated heterocycles. The average Bonchev–Trinajstić information content (AvgIpc) is 2.87. The van der Waals surface area contributed by atoms with Gasteiger partial charge in [-0.2, -0.15) is 13.2 Å². The van der Waals surface area contributed by atoms with Crippen LogP contribution in [-0.2, 0) is 0 Å². The standard InChI is InChI=1S/C13H8F3NO2S/c14-13(15,16)11(18)9-6-7-10(20-9)12(19)17-8-4-2-1-3-5-8/h1-7H,(H,17,19). The molecule has 1 aromatic carbocycles. The van der Waals surface area contributed by atoms with Crippen molar-refractivity contribution >= 4 is 28.7 Å². The number of alkyl halides is 3. The normalized spacial score (nSPS) is 11.2. The first-order chi connectivity index (χ1) is 9.38. The summed E-state index contributed by atoms with van der Waals surface area (Å²) < 4.78 is 36.7. The molecule has 2 rings (SSSR count). The topological polar surface area (TPSA) is 46.2 Å². The van der Waals surface area contributed by atoms with Gasteiger partial charge in [0.15, 0.2) is 0 Å². The van der Waals surface area contributed by atoms with Gasteiger partial charge in [-0.25, -0.2) is 0 Å². The largest absolute Gasteiger partial charge is 0.455 e. The molecule has 1 heterocycles. The minimum atomic E-state index is -4.93. The lowest BCUT2D eigenvalue weighted by molar-refractivity contribution is -0.0882. The van der Waals surface area contributed by atoms with Gasteiger partial charge in [0, 0.05) is 5.69 Å². The number of thiophene rings is 1. The van der Waals surface area contributed by atoms with Crippen LogP contribution in [0.2, 0.25) is 0 Å². The summed E-state index contributed by atoms with van der Waals surface area (Å²) in [7, 11) is 0. The molecule has 104 valence electrons. The van der Waals surface area contributed by atoms with Gasteiger partial charge in [0.2, 0.25) is 0 Å². The number of benzene rings is 1. The van der Waals surface area contributed by atoms with Crippen molar-refractivity contribution in [2.75, 3.05) is 5.32 Å². The van der Waals surface area contributed by atoms with Crippen LogP contribution in [0.4, 0.5) is 18.9 Å². The number of hydrogen-bond acceptors (Lipinski definition) is 3. The summed E-state index contributed by atoms with van der Waals surface area (Å²) >= 11 is 0.514. The number of anilines is 1. The molecule has 1 aromatic heterocycles. The zero-order chi connectivity index (χ0) is 14.8. The van der Waals surface area contributed by atoms with E-state index in [0.717, 1.165) is 6.07 Å². The maximum absolute atomic E-state index is 12.2. The first kappa shape index (κ1) is 14.3. The second kappa shape index (κ2) is 5.46. The maximum Gasteiger partial charge on any atom is 0.455 e. The number of carbonyl (C=O) groups excluding carboxylic acids is 2. The Hall–Kier alpha value is -2.15. The summed E-state index contributed by atoms with van der Waals surface area (Å²) in [6.45, 7) is 0. The van der Waals surface area contributed by atoms with Crippen LogP contribution in [0.3, 0.4) is 0 Å². The molecule has 0 fully saturated rings. The number of Topliss-reactive ketones (excluding diaryl/α,β-unsaturated/α-hetero) is 1. The molecule has 0 spiro atoms. The number of hydrogen-bond donors (Lipinski definition) is 1. The summed E-state index contributed by atoms with van der Waals surface area (Å²) in [5.74, 6) is -2.50. The molecule has 0 atom stereocenters. The highest BCUT2D eigenvalue weighted by Gasteiger charge is 2.40. The van der Waals surface area contributed by atoms with Crippen molar-refractivity contribution in [1.82, 2.24) is 0 Å². The van der Waals surface area contributed by atoms with Gasteiger partial charge in [-0.05, 0) is 24.3 Å². The van der Waals surface area contributed by atoms with E-state index in [2.05, 4.69) is 5.32 Å². The number of halogens is 3. The smallest absolute Gasteiger partial charge is 0.321 e. The maximum atomic E-state index is 12.2. The van der Waals surface area contributed by atoms with Crippen LogP contribution in [0, 0.1) is 0 Å². The van der Waals surface area contributed by atoms with Gasteiger partial charge in [-0.15, -0.1) is 11.3 Å². The molecule has 0 unspecified atom stereocenters. The number of rotatable bonds is 3. The SMILES string of the molecule is O=C(Nc1ccccc1)c1ccc(C(=O)C(F)(F)F)s1. The Balaban J connectivity index is 2.13. The fourth-order valence-electron chi connectivity index (χ4n) is 1.44. The monoisotopic (exact) mass is 299 g/mol. The number of amides is 1. The average molecular weight is 299 g/mol. The molecule has 0 radical (unpaired) electrons. The molecule has 2 aromatic rings. The van der Waals surface area contributed by atoms with Crippen molar-refractivity contribution in [2.24, 2.45) is 0 Å². The van der Waals surface area contributed by atoms with Crippen LogP contribution < -0.4 is 5.32 Å². The predicted molar refractivity (Wildman–Crippen MR) is 69.1 cm³/mol. The lowest BCUT2D eigenvalue weighted by Gasteiger charge is -2.03. The van der Waals surface area contributed by atoms with Crippen LogP contribution in [0.1, 0.15) is 19.3 Å². The molecule has 0 saturated carbocycles. The van der Waals surface area contributed by atoms with E-state index in [-0.39, 0.29) is 4.88 Å². The fraction of sp³-hybridized carbons (Fsp3) is 0.0769. The zero-order valence-corrected chi connectivity index (χ0v) is 10.7. The third-order valence-electron chi connectivity index (χ3n) is 2.34. The Kier molecular flexibility index (Phi) is 3.89. The van der Waals surface area contributed by atoms with E-state index in [1.807, 2.05) is 0 Å². The number of ketones is 1. The molecule has 3 nitrogen and oxygen atoms in total. The van der Waals surface area contributed by atoms with Crippen molar-refractivity contribution in [2.45, 2.75) is 6.18 Å². The first-order valence-electron chi connectivity index (χ1n) is 5.45. The van der Waals surface area contributed by atoms with Gasteiger partial charge < -0.3 is 5.32 Å². The molecule has 1 N–H and O–H groups in total.